The van der Waals surface area contributed by atoms with Crippen LogP contribution in [0.2, 0.25) is 6.82 Å². The number of ketones is 1. The monoisotopic (exact) mass is 155 g/mol. The maximum Gasteiger partial charge on any atom is 0.202 e. The van der Waals surface area contributed by atoms with E-state index < -0.39 is 0 Å². The maximum atomic E-state index is 11.0. The predicted octanol–water partition coefficient (Wildman–Crippen LogP) is 1.07. The molecule has 1 unspecified atom stereocenters. The van der Waals surface area contributed by atoms with Gasteiger partial charge in [-0.2, -0.15) is 0 Å². The van der Waals surface area contributed by atoms with Crippen LogP contribution in [0, 0.1) is 0 Å². The zero-order valence-electron chi connectivity index (χ0n) is 8.22. The van der Waals surface area contributed by atoms with E-state index in [1.165, 1.54) is 0 Å². The van der Waals surface area contributed by atoms with E-state index in [-0.39, 0.29) is 11.8 Å². The molecule has 0 rings (SSSR count). The molecule has 0 aliphatic carbocycles. The average Bonchev–Trinajstić information content (AvgIpc) is 1.88. The molecule has 0 heterocycles. The van der Waals surface area contributed by atoms with Crippen LogP contribution < -0.4 is 0 Å². The minimum absolute atomic E-state index is 0.0694. The van der Waals surface area contributed by atoms with Gasteiger partial charge in [-0.15, -0.1) is 0 Å². The van der Waals surface area contributed by atoms with E-state index in [1.807, 2.05) is 6.92 Å². The Balaban J connectivity index is 4.13. The molecule has 0 aliphatic heterocycles. The van der Waals surface area contributed by atoms with Gasteiger partial charge in [0.05, 0.1) is 6.04 Å². The van der Waals surface area contributed by atoms with Crippen molar-refractivity contribution in [2.75, 3.05) is 0 Å². The minimum Gasteiger partial charge on any atom is -0.335 e. The molecule has 0 fully saturated rings. The zero-order chi connectivity index (χ0) is 9.02. The molecule has 3 heteroatoms. The number of rotatable bonds is 4. The van der Waals surface area contributed by atoms with Crippen molar-refractivity contribution in [2.45, 2.75) is 46.6 Å². The Morgan fingerprint density at radius 2 is 1.82 bits per heavy atom. The van der Waals surface area contributed by atoms with Crippen molar-refractivity contribution >= 4 is 13.2 Å². The van der Waals surface area contributed by atoms with Crippen LogP contribution in [0.15, 0.2) is 0 Å². The molecule has 0 radical (unpaired) electrons. The quantitative estimate of drug-likeness (QED) is 0.566. The van der Waals surface area contributed by atoms with Gasteiger partial charge in [0.2, 0.25) is 7.41 Å². The van der Waals surface area contributed by atoms with Gasteiger partial charge in [0.1, 0.15) is 5.78 Å². The van der Waals surface area contributed by atoms with Gasteiger partial charge in [0, 0.05) is 0 Å². The SMILES string of the molecule is CBN(C(C)C)C(C)C(C)=O. The van der Waals surface area contributed by atoms with Crippen molar-refractivity contribution in [1.82, 2.24) is 4.81 Å². The molecule has 0 amide bonds. The fourth-order valence-electron chi connectivity index (χ4n) is 1.32. The highest BCUT2D eigenvalue weighted by Crippen LogP contribution is 2.03. The van der Waals surface area contributed by atoms with Gasteiger partial charge in [-0.25, -0.2) is 0 Å². The van der Waals surface area contributed by atoms with Gasteiger partial charge < -0.3 is 4.81 Å². The lowest BCUT2D eigenvalue weighted by atomic mass is 9.90. The van der Waals surface area contributed by atoms with Gasteiger partial charge >= 0.3 is 0 Å². The van der Waals surface area contributed by atoms with Crippen LogP contribution in [-0.2, 0) is 4.79 Å². The van der Waals surface area contributed by atoms with E-state index in [9.17, 15) is 4.79 Å². The van der Waals surface area contributed by atoms with Crippen LogP contribution in [0.5, 0.6) is 0 Å². The Hall–Kier alpha value is -0.305. The summed E-state index contributed by atoms with van der Waals surface area (Å²) in [6.45, 7) is 9.92. The number of carbonyl (C=O) groups excluding carboxylic acids is 1. The first-order valence-corrected chi connectivity index (χ1v) is 4.26. The largest absolute Gasteiger partial charge is 0.335 e. The van der Waals surface area contributed by atoms with Crippen molar-refractivity contribution in [2.24, 2.45) is 0 Å². The summed E-state index contributed by atoms with van der Waals surface area (Å²) in [6, 6.07) is 0.527. The molecule has 0 saturated carbocycles. The van der Waals surface area contributed by atoms with Gasteiger partial charge in [0.25, 0.3) is 0 Å². The third kappa shape index (κ3) is 3.06. The molecule has 0 N–H and O–H groups in total. The highest BCUT2D eigenvalue weighted by molar-refractivity contribution is 6.30. The molecular weight excluding hydrogens is 137 g/mol. The van der Waals surface area contributed by atoms with E-state index in [2.05, 4.69) is 25.5 Å². The van der Waals surface area contributed by atoms with E-state index in [4.69, 9.17) is 0 Å². The molecule has 0 spiro atoms. The van der Waals surface area contributed by atoms with E-state index in [1.54, 1.807) is 6.92 Å². The van der Waals surface area contributed by atoms with Crippen LogP contribution in [0.25, 0.3) is 0 Å². The van der Waals surface area contributed by atoms with Crippen LogP contribution in [0.4, 0.5) is 0 Å². The summed E-state index contributed by atoms with van der Waals surface area (Å²) in [6.07, 6.45) is 0. The second kappa shape index (κ2) is 4.55. The third-order valence-electron chi connectivity index (χ3n) is 2.11. The lowest BCUT2D eigenvalue weighted by Crippen LogP contribution is -2.43. The molecule has 0 aliphatic rings. The van der Waals surface area contributed by atoms with Crippen LogP contribution in [0.3, 0.4) is 0 Å². The molecule has 0 aromatic rings. The third-order valence-corrected chi connectivity index (χ3v) is 2.11. The van der Waals surface area contributed by atoms with Gasteiger partial charge in [-0.3, -0.25) is 4.79 Å². The van der Waals surface area contributed by atoms with Crippen LogP contribution in [-0.4, -0.2) is 30.1 Å². The number of nitrogens with zero attached hydrogens (tertiary/aromatic N) is 1. The fourth-order valence-corrected chi connectivity index (χ4v) is 1.32. The van der Waals surface area contributed by atoms with Gasteiger partial charge in [-0.05, 0) is 19.9 Å². The van der Waals surface area contributed by atoms with Gasteiger partial charge in [-0.1, -0.05) is 20.7 Å². The summed E-state index contributed by atoms with van der Waals surface area (Å²) >= 11 is 0. The molecule has 0 bridgehead atoms. The summed E-state index contributed by atoms with van der Waals surface area (Å²) in [7, 11) is 0.943. The molecule has 64 valence electrons. The normalized spacial score (nSPS) is 13.7. The summed E-state index contributed by atoms with van der Waals surface area (Å²) in [5.74, 6) is 0.251. The fraction of sp³-hybridized carbons (Fsp3) is 0.875. The molecule has 0 aromatic carbocycles. The van der Waals surface area contributed by atoms with Crippen molar-refractivity contribution in [3.8, 4) is 0 Å². The van der Waals surface area contributed by atoms with Crippen molar-refractivity contribution < 1.29 is 4.79 Å². The number of Topliss-reactive ketones (excluding diaryl/α,β-unsaturated/α-hetero) is 1. The first-order valence-electron chi connectivity index (χ1n) is 4.26. The lowest BCUT2D eigenvalue weighted by Gasteiger charge is -2.29. The highest BCUT2D eigenvalue weighted by atomic mass is 16.1. The average molecular weight is 155 g/mol. The Labute approximate surface area is 70.2 Å². The molecule has 2 nitrogen and oxygen atoms in total. The van der Waals surface area contributed by atoms with Crippen molar-refractivity contribution in [3.05, 3.63) is 0 Å². The van der Waals surface area contributed by atoms with Crippen molar-refractivity contribution in [1.29, 1.82) is 0 Å². The Kier molecular flexibility index (Phi) is 4.42. The molecule has 1 atom stereocenters. The van der Waals surface area contributed by atoms with Crippen molar-refractivity contribution in [3.63, 3.8) is 0 Å². The second-order valence-corrected chi connectivity index (χ2v) is 3.21. The summed E-state index contributed by atoms with van der Waals surface area (Å²) in [5, 5.41) is 0. The molecule has 11 heavy (non-hydrogen) atoms. The molecule has 0 saturated heterocycles. The first kappa shape index (κ1) is 10.7. The van der Waals surface area contributed by atoms with E-state index in [0.29, 0.717) is 6.04 Å². The topological polar surface area (TPSA) is 20.3 Å². The Morgan fingerprint density at radius 1 is 1.36 bits per heavy atom. The minimum atomic E-state index is 0.0694. The van der Waals surface area contributed by atoms with Gasteiger partial charge in [0.15, 0.2) is 0 Å². The predicted molar refractivity (Wildman–Crippen MR) is 50.1 cm³/mol. The van der Waals surface area contributed by atoms with E-state index in [0.717, 1.165) is 7.41 Å². The standard InChI is InChI=1S/C8H18BNO/c1-6(2)10(9-5)7(3)8(4)11/h6-7,9H,1-5H3. The highest BCUT2D eigenvalue weighted by Gasteiger charge is 2.18. The zero-order valence-corrected chi connectivity index (χ0v) is 8.22. The summed E-state index contributed by atoms with van der Waals surface area (Å²) < 4.78 is 0. The first-order chi connectivity index (χ1) is 5.00. The number of hydrogen-bond donors (Lipinski definition) is 0. The number of hydrogen-bond acceptors (Lipinski definition) is 2. The number of carbonyl (C=O) groups is 1. The summed E-state index contributed by atoms with van der Waals surface area (Å²) in [4.78, 5) is 13.2. The van der Waals surface area contributed by atoms with Crippen LogP contribution in [0.1, 0.15) is 27.7 Å². The molecule has 0 aromatic heterocycles. The molecular formula is C8H18BNO. The van der Waals surface area contributed by atoms with Crippen LogP contribution >= 0.6 is 0 Å². The maximum absolute atomic E-state index is 11.0. The summed E-state index contributed by atoms with van der Waals surface area (Å²) in [5.41, 5.74) is 0. The smallest absolute Gasteiger partial charge is 0.202 e. The second-order valence-electron chi connectivity index (χ2n) is 3.21. The lowest BCUT2D eigenvalue weighted by molar-refractivity contribution is -0.120. The van der Waals surface area contributed by atoms with E-state index >= 15 is 0 Å². The Morgan fingerprint density at radius 3 is 1.91 bits per heavy atom. The Bertz CT molecular complexity index is 136.